The highest BCUT2D eigenvalue weighted by Gasteiger charge is 2.14. The second-order valence-electron chi connectivity index (χ2n) is 5.92. The highest BCUT2D eigenvalue weighted by molar-refractivity contribution is 14.1. The average molecular weight is 452 g/mol. The van der Waals surface area contributed by atoms with E-state index in [1.807, 2.05) is 18.2 Å². The third-order valence-electron chi connectivity index (χ3n) is 3.49. The number of hydrogen-bond donors (Lipinski definition) is 2. The summed E-state index contributed by atoms with van der Waals surface area (Å²) in [5.41, 5.74) is 5.77. The Morgan fingerprint density at radius 1 is 0.960 bits per heavy atom. The van der Waals surface area contributed by atoms with Gasteiger partial charge in [0.15, 0.2) is 0 Å². The van der Waals surface area contributed by atoms with Gasteiger partial charge in [-0.15, -0.1) is 0 Å². The van der Waals surface area contributed by atoms with Gasteiger partial charge in [0.05, 0.1) is 17.7 Å². The molecule has 0 saturated heterocycles. The van der Waals surface area contributed by atoms with Crippen LogP contribution in [0.4, 0.5) is 0 Å². The summed E-state index contributed by atoms with van der Waals surface area (Å²) in [5.74, 6) is 0.244. The lowest BCUT2D eigenvalue weighted by molar-refractivity contribution is 0.0843. The Bertz CT molecular complexity index is 747. The summed E-state index contributed by atoms with van der Waals surface area (Å²) < 4.78 is 6.51. The van der Waals surface area contributed by atoms with E-state index in [-0.39, 0.29) is 5.91 Å². The standard InChI is InChI=1S/C19H21IN2O3/c1-13(2)11-12-25-17-10-6-4-8-15(17)19(24)22-21-18(23)14-7-3-5-9-16(14)20/h3-10,13H,11-12H2,1-2H3,(H,21,23)(H,22,24). The quantitative estimate of drug-likeness (QED) is 0.518. The van der Waals surface area contributed by atoms with Gasteiger partial charge in [0.25, 0.3) is 11.8 Å². The van der Waals surface area contributed by atoms with E-state index in [0.29, 0.717) is 29.4 Å². The molecule has 0 aliphatic heterocycles. The van der Waals surface area contributed by atoms with Crippen LogP contribution in [0.2, 0.25) is 0 Å². The lowest BCUT2D eigenvalue weighted by Crippen LogP contribution is -2.42. The Kier molecular flexibility index (Phi) is 7.24. The average Bonchev–Trinajstić information content (AvgIpc) is 2.60. The molecular weight excluding hydrogens is 431 g/mol. The molecule has 0 atom stereocenters. The zero-order chi connectivity index (χ0) is 18.2. The number of para-hydroxylation sites is 1. The molecule has 0 aromatic heterocycles. The van der Waals surface area contributed by atoms with Crippen molar-refractivity contribution in [2.45, 2.75) is 20.3 Å². The van der Waals surface area contributed by atoms with Crippen LogP contribution in [0.3, 0.4) is 0 Å². The molecule has 25 heavy (non-hydrogen) atoms. The molecule has 0 radical (unpaired) electrons. The van der Waals surface area contributed by atoms with E-state index >= 15 is 0 Å². The van der Waals surface area contributed by atoms with Gasteiger partial charge in [0.2, 0.25) is 0 Å². The number of carbonyl (C=O) groups is 2. The number of hydrazine groups is 1. The fourth-order valence-corrected chi connectivity index (χ4v) is 2.71. The molecule has 0 aliphatic carbocycles. The van der Waals surface area contributed by atoms with Crippen LogP contribution in [-0.2, 0) is 0 Å². The second-order valence-corrected chi connectivity index (χ2v) is 7.08. The third-order valence-corrected chi connectivity index (χ3v) is 4.43. The van der Waals surface area contributed by atoms with E-state index < -0.39 is 5.91 Å². The number of hydrogen-bond acceptors (Lipinski definition) is 3. The van der Waals surface area contributed by atoms with Crippen LogP contribution >= 0.6 is 22.6 Å². The predicted octanol–water partition coefficient (Wildman–Crippen LogP) is 3.79. The zero-order valence-electron chi connectivity index (χ0n) is 14.2. The summed E-state index contributed by atoms with van der Waals surface area (Å²) in [4.78, 5) is 24.5. The van der Waals surface area contributed by atoms with Crippen LogP contribution < -0.4 is 15.6 Å². The molecule has 2 rings (SSSR count). The Morgan fingerprint density at radius 2 is 1.52 bits per heavy atom. The van der Waals surface area contributed by atoms with Crippen molar-refractivity contribution >= 4 is 34.4 Å². The maximum absolute atomic E-state index is 12.4. The van der Waals surface area contributed by atoms with E-state index in [9.17, 15) is 9.59 Å². The van der Waals surface area contributed by atoms with Crippen LogP contribution in [0.25, 0.3) is 0 Å². The van der Waals surface area contributed by atoms with Crippen molar-refractivity contribution in [3.05, 3.63) is 63.2 Å². The molecule has 132 valence electrons. The summed E-state index contributed by atoms with van der Waals surface area (Å²) in [6, 6.07) is 14.1. The Hall–Kier alpha value is -2.09. The summed E-state index contributed by atoms with van der Waals surface area (Å²) >= 11 is 2.08. The highest BCUT2D eigenvalue weighted by atomic mass is 127. The Balaban J connectivity index is 1.99. The normalized spacial score (nSPS) is 10.4. The first-order valence-electron chi connectivity index (χ1n) is 8.06. The summed E-state index contributed by atoms with van der Waals surface area (Å²) in [7, 11) is 0. The molecule has 2 amide bonds. The smallest absolute Gasteiger partial charge is 0.273 e. The van der Waals surface area contributed by atoms with E-state index in [4.69, 9.17) is 4.74 Å². The molecule has 0 heterocycles. The highest BCUT2D eigenvalue weighted by Crippen LogP contribution is 2.18. The van der Waals surface area contributed by atoms with Crippen molar-refractivity contribution in [3.63, 3.8) is 0 Å². The SMILES string of the molecule is CC(C)CCOc1ccccc1C(=O)NNC(=O)c1ccccc1I. The van der Waals surface area contributed by atoms with Gasteiger partial charge in [-0.2, -0.15) is 0 Å². The van der Waals surface area contributed by atoms with Gasteiger partial charge >= 0.3 is 0 Å². The first-order valence-corrected chi connectivity index (χ1v) is 9.14. The topological polar surface area (TPSA) is 67.4 Å². The van der Waals surface area contributed by atoms with Crippen molar-refractivity contribution in [3.8, 4) is 5.75 Å². The summed E-state index contributed by atoms with van der Waals surface area (Å²) in [5, 5.41) is 0. The second kappa shape index (κ2) is 9.41. The van der Waals surface area contributed by atoms with Crippen LogP contribution in [0.15, 0.2) is 48.5 Å². The maximum Gasteiger partial charge on any atom is 0.273 e. The third kappa shape index (κ3) is 5.74. The number of halogens is 1. The molecule has 2 aromatic carbocycles. The molecule has 6 heteroatoms. The molecule has 0 spiro atoms. The van der Waals surface area contributed by atoms with Crippen molar-refractivity contribution in [1.29, 1.82) is 0 Å². The van der Waals surface area contributed by atoms with Gasteiger partial charge < -0.3 is 4.74 Å². The van der Waals surface area contributed by atoms with Gasteiger partial charge in [0, 0.05) is 3.57 Å². The van der Waals surface area contributed by atoms with Gasteiger partial charge in [0.1, 0.15) is 5.75 Å². The van der Waals surface area contributed by atoms with Gasteiger partial charge in [-0.3, -0.25) is 20.4 Å². The first kappa shape index (κ1) is 19.2. The zero-order valence-corrected chi connectivity index (χ0v) is 16.4. The van der Waals surface area contributed by atoms with Crippen molar-refractivity contribution in [2.75, 3.05) is 6.61 Å². The molecular formula is C19H21IN2O3. The van der Waals surface area contributed by atoms with Crippen LogP contribution in [0.1, 0.15) is 41.0 Å². The minimum Gasteiger partial charge on any atom is -0.493 e. The number of rotatable bonds is 6. The molecule has 5 nitrogen and oxygen atoms in total. The summed E-state index contributed by atoms with van der Waals surface area (Å²) in [6.07, 6.45) is 0.902. The fraction of sp³-hybridized carbons (Fsp3) is 0.263. The molecule has 0 aliphatic rings. The van der Waals surface area contributed by atoms with Crippen LogP contribution in [0, 0.1) is 9.49 Å². The predicted molar refractivity (Wildman–Crippen MR) is 105 cm³/mol. The summed E-state index contributed by atoms with van der Waals surface area (Å²) in [6.45, 7) is 4.77. The number of carbonyl (C=O) groups excluding carboxylic acids is 2. The fourth-order valence-electron chi connectivity index (χ4n) is 2.08. The first-order chi connectivity index (χ1) is 12.0. The Morgan fingerprint density at radius 3 is 2.16 bits per heavy atom. The van der Waals surface area contributed by atoms with E-state index in [1.54, 1.807) is 30.3 Å². The number of amides is 2. The maximum atomic E-state index is 12.4. The van der Waals surface area contributed by atoms with Crippen molar-refractivity contribution < 1.29 is 14.3 Å². The number of benzene rings is 2. The minimum atomic E-state index is -0.417. The van der Waals surface area contributed by atoms with Crippen molar-refractivity contribution in [1.82, 2.24) is 10.9 Å². The molecule has 0 fully saturated rings. The minimum absolute atomic E-state index is 0.364. The van der Waals surface area contributed by atoms with Gasteiger partial charge in [-0.25, -0.2) is 0 Å². The largest absolute Gasteiger partial charge is 0.493 e. The van der Waals surface area contributed by atoms with Crippen molar-refractivity contribution in [2.24, 2.45) is 5.92 Å². The number of ether oxygens (including phenoxy) is 1. The molecule has 0 saturated carbocycles. The van der Waals surface area contributed by atoms with E-state index in [1.165, 1.54) is 0 Å². The number of nitrogens with one attached hydrogen (secondary N) is 2. The van der Waals surface area contributed by atoms with Crippen LogP contribution in [-0.4, -0.2) is 18.4 Å². The molecule has 2 N–H and O–H groups in total. The van der Waals surface area contributed by atoms with Crippen LogP contribution in [0.5, 0.6) is 5.75 Å². The molecule has 0 unspecified atom stereocenters. The van der Waals surface area contributed by atoms with E-state index in [0.717, 1.165) is 9.99 Å². The molecule has 0 bridgehead atoms. The Labute approximate surface area is 161 Å². The van der Waals surface area contributed by atoms with E-state index in [2.05, 4.69) is 47.3 Å². The monoisotopic (exact) mass is 452 g/mol. The van der Waals surface area contributed by atoms with Gasteiger partial charge in [-0.1, -0.05) is 38.1 Å². The lowest BCUT2D eigenvalue weighted by atomic mass is 10.1. The molecule has 2 aromatic rings. The van der Waals surface area contributed by atoms with Gasteiger partial charge in [-0.05, 0) is 59.2 Å². The lowest BCUT2D eigenvalue weighted by Gasteiger charge is -2.13.